The summed E-state index contributed by atoms with van der Waals surface area (Å²) in [7, 11) is 0. The van der Waals surface area contributed by atoms with Crippen LogP contribution in [0.25, 0.3) is 0 Å². The van der Waals surface area contributed by atoms with Crippen LogP contribution in [0.15, 0.2) is 53.7 Å². The summed E-state index contributed by atoms with van der Waals surface area (Å²) in [5, 5.41) is 12.0. The highest BCUT2D eigenvalue weighted by Gasteiger charge is 2.12. The van der Waals surface area contributed by atoms with Crippen molar-refractivity contribution in [2.75, 3.05) is 11.4 Å². The molecule has 0 saturated carbocycles. The number of amidine groups is 1. The second-order valence-corrected chi connectivity index (χ2v) is 4.94. The van der Waals surface area contributed by atoms with E-state index in [1.807, 2.05) is 36.4 Å². The van der Waals surface area contributed by atoms with E-state index >= 15 is 0 Å². The summed E-state index contributed by atoms with van der Waals surface area (Å²) < 4.78 is 0. The van der Waals surface area contributed by atoms with E-state index in [4.69, 9.17) is 10.9 Å². The summed E-state index contributed by atoms with van der Waals surface area (Å²) in [6, 6.07) is 16.0. The van der Waals surface area contributed by atoms with Crippen LogP contribution in [-0.2, 0) is 6.54 Å². The average Bonchev–Trinajstić information content (AvgIpc) is 2.53. The number of rotatable bonds is 5. The summed E-state index contributed by atoms with van der Waals surface area (Å²) in [6.45, 7) is 5.83. The number of nitrogens with zero attached hydrogens (tertiary/aromatic N) is 2. The Morgan fingerprint density at radius 3 is 2.48 bits per heavy atom. The van der Waals surface area contributed by atoms with Gasteiger partial charge in [-0.3, -0.25) is 0 Å². The highest BCUT2D eigenvalue weighted by atomic mass is 16.4. The van der Waals surface area contributed by atoms with Crippen molar-refractivity contribution in [3.8, 4) is 0 Å². The van der Waals surface area contributed by atoms with E-state index in [1.54, 1.807) is 0 Å². The van der Waals surface area contributed by atoms with E-state index in [2.05, 4.69) is 36.0 Å². The lowest BCUT2D eigenvalue weighted by atomic mass is 10.1. The molecule has 0 saturated heterocycles. The molecular weight excluding hydrogens is 262 g/mol. The molecule has 0 unspecified atom stereocenters. The van der Waals surface area contributed by atoms with Crippen molar-refractivity contribution < 1.29 is 5.21 Å². The second-order valence-electron chi connectivity index (χ2n) is 4.94. The fraction of sp³-hybridized carbons (Fsp3) is 0.235. The molecule has 0 aliphatic heterocycles. The summed E-state index contributed by atoms with van der Waals surface area (Å²) >= 11 is 0. The predicted octanol–water partition coefficient (Wildman–Crippen LogP) is 3.12. The zero-order chi connectivity index (χ0) is 15.2. The molecule has 0 fully saturated rings. The molecule has 0 aliphatic rings. The summed E-state index contributed by atoms with van der Waals surface area (Å²) in [4.78, 5) is 2.28. The maximum atomic E-state index is 8.91. The molecule has 4 heteroatoms. The van der Waals surface area contributed by atoms with E-state index in [9.17, 15) is 0 Å². The van der Waals surface area contributed by atoms with Crippen molar-refractivity contribution in [2.24, 2.45) is 10.9 Å². The van der Waals surface area contributed by atoms with Gasteiger partial charge < -0.3 is 15.8 Å². The Hall–Kier alpha value is -2.49. The van der Waals surface area contributed by atoms with E-state index in [1.165, 1.54) is 11.3 Å². The number of anilines is 1. The fourth-order valence-electron chi connectivity index (χ4n) is 2.45. The number of para-hydroxylation sites is 1. The number of nitrogens with two attached hydrogens (primary N) is 1. The maximum absolute atomic E-state index is 8.91. The molecule has 2 rings (SSSR count). The molecular formula is C17H21N3O. The van der Waals surface area contributed by atoms with Gasteiger partial charge in [-0.05, 0) is 31.0 Å². The van der Waals surface area contributed by atoms with Gasteiger partial charge in [-0.2, -0.15) is 0 Å². The third-order valence-electron chi connectivity index (χ3n) is 3.60. The number of hydrogen-bond donors (Lipinski definition) is 2. The largest absolute Gasteiger partial charge is 0.409 e. The standard InChI is InChI=1S/C17H21N3O/c1-3-20(16-11-7-4-8-13(16)2)12-14-9-5-6-10-15(14)17(18)19-21/h4-11,21H,3,12H2,1-2H3,(H2,18,19). The van der Waals surface area contributed by atoms with E-state index in [-0.39, 0.29) is 5.84 Å². The lowest BCUT2D eigenvalue weighted by molar-refractivity contribution is 0.318. The SMILES string of the molecule is CCN(Cc1ccccc1/C(N)=N/O)c1ccccc1C. The molecule has 0 atom stereocenters. The highest BCUT2D eigenvalue weighted by molar-refractivity contribution is 5.98. The number of aryl methyl sites for hydroxylation is 1. The van der Waals surface area contributed by atoms with Gasteiger partial charge in [0.05, 0.1) is 0 Å². The molecule has 0 amide bonds. The average molecular weight is 283 g/mol. The summed E-state index contributed by atoms with van der Waals surface area (Å²) in [5.74, 6) is 0.145. The molecule has 21 heavy (non-hydrogen) atoms. The molecule has 2 aromatic rings. The summed E-state index contributed by atoms with van der Waals surface area (Å²) in [5.41, 5.74) is 10.0. The molecule has 110 valence electrons. The third-order valence-corrected chi connectivity index (χ3v) is 3.60. The molecule has 0 spiro atoms. The van der Waals surface area contributed by atoms with Crippen LogP contribution in [0.3, 0.4) is 0 Å². The highest BCUT2D eigenvalue weighted by Crippen LogP contribution is 2.22. The minimum atomic E-state index is 0.145. The second kappa shape index (κ2) is 6.79. The first-order valence-corrected chi connectivity index (χ1v) is 7.03. The van der Waals surface area contributed by atoms with Crippen molar-refractivity contribution in [3.63, 3.8) is 0 Å². The van der Waals surface area contributed by atoms with Gasteiger partial charge in [0, 0.05) is 24.3 Å². The van der Waals surface area contributed by atoms with Crippen LogP contribution in [0.2, 0.25) is 0 Å². The minimum absolute atomic E-state index is 0.145. The summed E-state index contributed by atoms with van der Waals surface area (Å²) in [6.07, 6.45) is 0. The van der Waals surface area contributed by atoms with Crippen molar-refractivity contribution in [1.82, 2.24) is 0 Å². The monoisotopic (exact) mass is 283 g/mol. The van der Waals surface area contributed by atoms with Crippen LogP contribution >= 0.6 is 0 Å². The molecule has 0 aromatic heterocycles. The molecule has 2 aromatic carbocycles. The van der Waals surface area contributed by atoms with Crippen LogP contribution < -0.4 is 10.6 Å². The molecule has 0 radical (unpaired) electrons. The zero-order valence-electron chi connectivity index (χ0n) is 12.5. The normalized spacial score (nSPS) is 11.4. The van der Waals surface area contributed by atoms with Crippen molar-refractivity contribution >= 4 is 11.5 Å². The van der Waals surface area contributed by atoms with E-state index in [0.29, 0.717) is 6.54 Å². The van der Waals surface area contributed by atoms with Crippen LogP contribution in [0.1, 0.15) is 23.6 Å². The Kier molecular flexibility index (Phi) is 4.82. The Morgan fingerprint density at radius 1 is 1.14 bits per heavy atom. The number of oxime groups is 1. The molecule has 0 heterocycles. The smallest absolute Gasteiger partial charge is 0.170 e. The van der Waals surface area contributed by atoms with Gasteiger partial charge in [0.15, 0.2) is 5.84 Å². The van der Waals surface area contributed by atoms with Gasteiger partial charge in [0.1, 0.15) is 0 Å². The van der Waals surface area contributed by atoms with Gasteiger partial charge in [-0.1, -0.05) is 47.6 Å². The Morgan fingerprint density at radius 2 is 1.81 bits per heavy atom. The van der Waals surface area contributed by atoms with Crippen LogP contribution in [-0.4, -0.2) is 17.6 Å². The van der Waals surface area contributed by atoms with Crippen molar-refractivity contribution in [1.29, 1.82) is 0 Å². The Labute approximate surface area is 125 Å². The number of benzene rings is 2. The zero-order valence-corrected chi connectivity index (χ0v) is 12.5. The first-order chi connectivity index (χ1) is 10.2. The van der Waals surface area contributed by atoms with Gasteiger partial charge in [0.25, 0.3) is 0 Å². The van der Waals surface area contributed by atoms with Gasteiger partial charge in [-0.15, -0.1) is 0 Å². The van der Waals surface area contributed by atoms with Crippen LogP contribution in [0.5, 0.6) is 0 Å². The molecule has 4 nitrogen and oxygen atoms in total. The molecule has 0 aliphatic carbocycles. The van der Waals surface area contributed by atoms with E-state index < -0.39 is 0 Å². The van der Waals surface area contributed by atoms with Crippen molar-refractivity contribution in [2.45, 2.75) is 20.4 Å². The maximum Gasteiger partial charge on any atom is 0.170 e. The van der Waals surface area contributed by atoms with Crippen LogP contribution in [0, 0.1) is 6.92 Å². The number of hydrogen-bond acceptors (Lipinski definition) is 3. The third kappa shape index (κ3) is 3.34. The van der Waals surface area contributed by atoms with Gasteiger partial charge >= 0.3 is 0 Å². The minimum Gasteiger partial charge on any atom is -0.409 e. The van der Waals surface area contributed by atoms with Gasteiger partial charge in [-0.25, -0.2) is 0 Å². The molecule has 3 N–H and O–H groups in total. The first kappa shape index (κ1) is 14.9. The topological polar surface area (TPSA) is 61.8 Å². The quantitative estimate of drug-likeness (QED) is 0.383. The molecule has 0 bridgehead atoms. The fourth-order valence-corrected chi connectivity index (χ4v) is 2.45. The van der Waals surface area contributed by atoms with E-state index in [0.717, 1.165) is 17.7 Å². The van der Waals surface area contributed by atoms with Crippen molar-refractivity contribution in [3.05, 3.63) is 65.2 Å². The van der Waals surface area contributed by atoms with Crippen LogP contribution in [0.4, 0.5) is 5.69 Å². The predicted molar refractivity (Wildman–Crippen MR) is 86.9 cm³/mol. The lowest BCUT2D eigenvalue weighted by Gasteiger charge is -2.26. The van der Waals surface area contributed by atoms with Gasteiger partial charge in [0.2, 0.25) is 0 Å². The lowest BCUT2D eigenvalue weighted by Crippen LogP contribution is -2.25. The Balaban J connectivity index is 2.34. The first-order valence-electron chi connectivity index (χ1n) is 7.03. The Bertz CT molecular complexity index is 637.